The summed E-state index contributed by atoms with van der Waals surface area (Å²) in [4.78, 5) is 32.3. The fourth-order valence-corrected chi connectivity index (χ4v) is 3.33. The van der Waals surface area contributed by atoms with Crippen molar-refractivity contribution in [1.29, 1.82) is 0 Å². The van der Waals surface area contributed by atoms with Crippen molar-refractivity contribution in [2.75, 3.05) is 26.2 Å². The minimum Gasteiger partial charge on any atom is -0.365 e. The molecule has 0 aliphatic carbocycles. The van der Waals surface area contributed by atoms with E-state index in [2.05, 4.69) is 4.98 Å². The van der Waals surface area contributed by atoms with Gasteiger partial charge in [0, 0.05) is 42.9 Å². The van der Waals surface area contributed by atoms with Gasteiger partial charge in [0.1, 0.15) is 0 Å². The first-order valence-corrected chi connectivity index (χ1v) is 8.30. The average Bonchev–Trinajstić information content (AvgIpc) is 3.21. The highest BCUT2D eigenvalue weighted by Gasteiger charge is 2.24. The molecule has 3 heterocycles. The van der Waals surface area contributed by atoms with Crippen molar-refractivity contribution in [3.05, 3.63) is 46.4 Å². The van der Waals surface area contributed by atoms with Gasteiger partial charge < -0.3 is 14.8 Å². The van der Waals surface area contributed by atoms with Crippen LogP contribution >= 0.6 is 11.3 Å². The lowest BCUT2D eigenvalue weighted by Crippen LogP contribution is -2.51. The number of aromatic nitrogens is 1. The van der Waals surface area contributed by atoms with Gasteiger partial charge in [-0.25, -0.2) is 0 Å². The molecule has 0 bridgehead atoms. The summed E-state index contributed by atoms with van der Waals surface area (Å²) >= 11 is 1.61. The summed E-state index contributed by atoms with van der Waals surface area (Å²) in [7, 11) is 0. The molecule has 0 saturated carbocycles. The van der Waals surface area contributed by atoms with Crippen LogP contribution in [0.5, 0.6) is 0 Å². The maximum atomic E-state index is 12.2. The summed E-state index contributed by atoms with van der Waals surface area (Å²) < 4.78 is 0. The van der Waals surface area contributed by atoms with Gasteiger partial charge in [0.05, 0.1) is 12.8 Å². The molecule has 1 fully saturated rings. The Bertz CT molecular complexity index is 558. The quantitative estimate of drug-likeness (QED) is 0.930. The Labute approximate surface area is 133 Å². The van der Waals surface area contributed by atoms with Crippen molar-refractivity contribution in [1.82, 2.24) is 14.8 Å². The minimum absolute atomic E-state index is 0.118. The zero-order chi connectivity index (χ0) is 15.4. The average molecular weight is 317 g/mol. The van der Waals surface area contributed by atoms with E-state index >= 15 is 0 Å². The Morgan fingerprint density at radius 1 is 1.00 bits per heavy atom. The molecule has 0 atom stereocenters. The molecule has 1 aliphatic heterocycles. The molecule has 3 rings (SSSR count). The summed E-state index contributed by atoms with van der Waals surface area (Å²) in [5.41, 5.74) is 0.932. The molecule has 0 spiro atoms. The van der Waals surface area contributed by atoms with E-state index in [1.807, 2.05) is 45.6 Å². The monoisotopic (exact) mass is 317 g/mol. The predicted octanol–water partition coefficient (Wildman–Crippen LogP) is 1.53. The van der Waals surface area contributed by atoms with Crippen LogP contribution in [-0.2, 0) is 22.4 Å². The standard InChI is InChI=1S/C16H19N3O2S/c20-15(11-13-3-1-5-17-13)18-6-8-19(9-7-18)16(21)12-14-4-2-10-22-14/h1-5,10,17H,6-9,11-12H2. The first kappa shape index (κ1) is 14.8. The topological polar surface area (TPSA) is 56.4 Å². The zero-order valence-electron chi connectivity index (χ0n) is 12.3. The van der Waals surface area contributed by atoms with Crippen molar-refractivity contribution >= 4 is 23.2 Å². The van der Waals surface area contributed by atoms with Gasteiger partial charge in [0.2, 0.25) is 11.8 Å². The van der Waals surface area contributed by atoms with Gasteiger partial charge in [-0.2, -0.15) is 0 Å². The number of piperazine rings is 1. The van der Waals surface area contributed by atoms with Gasteiger partial charge in [-0.15, -0.1) is 11.3 Å². The molecule has 1 aliphatic rings. The number of aromatic amines is 1. The lowest BCUT2D eigenvalue weighted by atomic mass is 10.2. The lowest BCUT2D eigenvalue weighted by Gasteiger charge is -2.34. The Morgan fingerprint density at radius 3 is 2.23 bits per heavy atom. The van der Waals surface area contributed by atoms with Crippen molar-refractivity contribution in [2.24, 2.45) is 0 Å². The number of H-pyrrole nitrogens is 1. The minimum atomic E-state index is 0.118. The van der Waals surface area contributed by atoms with Crippen LogP contribution in [0.25, 0.3) is 0 Å². The molecule has 2 aromatic heterocycles. The Kier molecular flexibility index (Phi) is 4.58. The maximum absolute atomic E-state index is 12.2. The molecule has 6 heteroatoms. The van der Waals surface area contributed by atoms with Crippen LogP contribution in [0.2, 0.25) is 0 Å². The van der Waals surface area contributed by atoms with Crippen LogP contribution in [0.1, 0.15) is 10.6 Å². The van der Waals surface area contributed by atoms with Crippen LogP contribution in [0, 0.1) is 0 Å². The number of thiophene rings is 1. The molecule has 1 saturated heterocycles. The summed E-state index contributed by atoms with van der Waals surface area (Å²) in [6.45, 7) is 2.49. The molecule has 116 valence electrons. The Balaban J connectivity index is 1.47. The second-order valence-corrected chi connectivity index (χ2v) is 6.42. The highest BCUT2D eigenvalue weighted by molar-refractivity contribution is 7.10. The van der Waals surface area contributed by atoms with Gasteiger partial charge in [0.15, 0.2) is 0 Å². The van der Waals surface area contributed by atoms with Crippen LogP contribution in [0.3, 0.4) is 0 Å². The first-order valence-electron chi connectivity index (χ1n) is 7.42. The van der Waals surface area contributed by atoms with Gasteiger partial charge in [-0.1, -0.05) is 6.07 Å². The van der Waals surface area contributed by atoms with E-state index in [0.717, 1.165) is 10.6 Å². The lowest BCUT2D eigenvalue weighted by molar-refractivity contribution is -0.138. The third kappa shape index (κ3) is 3.57. The number of hydrogen-bond donors (Lipinski definition) is 1. The van der Waals surface area contributed by atoms with Crippen LogP contribution in [0.15, 0.2) is 35.8 Å². The van der Waals surface area contributed by atoms with Crippen LogP contribution < -0.4 is 0 Å². The zero-order valence-corrected chi connectivity index (χ0v) is 13.1. The Hall–Kier alpha value is -2.08. The number of amides is 2. The molecule has 0 radical (unpaired) electrons. The Morgan fingerprint density at radius 2 is 1.68 bits per heavy atom. The van der Waals surface area contributed by atoms with Crippen molar-refractivity contribution in [3.63, 3.8) is 0 Å². The van der Waals surface area contributed by atoms with Crippen molar-refractivity contribution < 1.29 is 9.59 Å². The predicted molar refractivity (Wildman–Crippen MR) is 85.7 cm³/mol. The third-order valence-corrected chi connectivity index (χ3v) is 4.77. The third-order valence-electron chi connectivity index (χ3n) is 3.89. The second kappa shape index (κ2) is 6.79. The van der Waals surface area contributed by atoms with E-state index in [0.29, 0.717) is 39.0 Å². The molecular formula is C16H19N3O2S. The summed E-state index contributed by atoms with van der Waals surface area (Å²) in [6.07, 6.45) is 2.69. The van der Waals surface area contributed by atoms with Gasteiger partial charge in [-0.3, -0.25) is 9.59 Å². The van der Waals surface area contributed by atoms with E-state index in [1.165, 1.54) is 0 Å². The molecule has 0 unspecified atom stereocenters. The SMILES string of the molecule is O=C(Cc1ccc[nH]1)N1CCN(C(=O)Cc2cccs2)CC1. The second-order valence-electron chi connectivity index (χ2n) is 5.39. The number of rotatable bonds is 4. The van der Waals surface area contributed by atoms with E-state index < -0.39 is 0 Å². The fraction of sp³-hybridized carbons (Fsp3) is 0.375. The molecule has 2 amide bonds. The molecule has 0 aromatic carbocycles. The number of nitrogens with one attached hydrogen (secondary N) is 1. The van der Waals surface area contributed by atoms with Crippen molar-refractivity contribution in [2.45, 2.75) is 12.8 Å². The number of carbonyl (C=O) groups excluding carboxylic acids is 2. The molecule has 1 N–H and O–H groups in total. The van der Waals surface area contributed by atoms with Gasteiger partial charge in [-0.05, 0) is 23.6 Å². The van der Waals surface area contributed by atoms with E-state index in [-0.39, 0.29) is 11.8 Å². The summed E-state index contributed by atoms with van der Waals surface area (Å²) in [5, 5.41) is 1.99. The van der Waals surface area contributed by atoms with Crippen LogP contribution in [-0.4, -0.2) is 52.8 Å². The fourth-order valence-electron chi connectivity index (χ4n) is 2.63. The van der Waals surface area contributed by atoms with Gasteiger partial charge >= 0.3 is 0 Å². The highest BCUT2D eigenvalue weighted by Crippen LogP contribution is 2.12. The first-order chi connectivity index (χ1) is 10.7. The van der Waals surface area contributed by atoms with Crippen molar-refractivity contribution in [3.8, 4) is 0 Å². The molecule has 2 aromatic rings. The number of hydrogen-bond acceptors (Lipinski definition) is 3. The van der Waals surface area contributed by atoms with E-state index in [9.17, 15) is 9.59 Å². The summed E-state index contributed by atoms with van der Waals surface area (Å²) in [5.74, 6) is 0.270. The largest absolute Gasteiger partial charge is 0.365 e. The van der Waals surface area contributed by atoms with E-state index in [1.54, 1.807) is 11.3 Å². The van der Waals surface area contributed by atoms with Gasteiger partial charge in [0.25, 0.3) is 0 Å². The van der Waals surface area contributed by atoms with E-state index in [4.69, 9.17) is 0 Å². The number of carbonyl (C=O) groups is 2. The molecular weight excluding hydrogens is 298 g/mol. The normalized spacial score (nSPS) is 15.1. The smallest absolute Gasteiger partial charge is 0.228 e. The van der Waals surface area contributed by atoms with Crippen LogP contribution in [0.4, 0.5) is 0 Å². The molecule has 5 nitrogen and oxygen atoms in total. The number of nitrogens with zero attached hydrogens (tertiary/aromatic N) is 2. The summed E-state index contributed by atoms with van der Waals surface area (Å²) in [6, 6.07) is 7.76. The maximum Gasteiger partial charge on any atom is 0.228 e. The molecule has 22 heavy (non-hydrogen) atoms. The highest BCUT2D eigenvalue weighted by atomic mass is 32.1.